The molecule has 0 aliphatic heterocycles. The van der Waals surface area contributed by atoms with E-state index in [-0.39, 0.29) is 11.6 Å². The van der Waals surface area contributed by atoms with Gasteiger partial charge in [0, 0.05) is 36.3 Å². The molecule has 1 aromatic rings. The molecule has 1 rings (SSSR count). The highest BCUT2D eigenvalue weighted by Crippen LogP contribution is 2.09. The van der Waals surface area contributed by atoms with Gasteiger partial charge in [0.2, 0.25) is 0 Å². The highest BCUT2D eigenvalue weighted by molar-refractivity contribution is 5.18. The van der Waals surface area contributed by atoms with E-state index in [2.05, 4.69) is 31.4 Å². The molecule has 18 heavy (non-hydrogen) atoms. The average molecular weight is 256 g/mol. The Morgan fingerprint density at radius 2 is 1.89 bits per heavy atom. The van der Waals surface area contributed by atoms with E-state index in [1.54, 1.807) is 0 Å². The van der Waals surface area contributed by atoms with Crippen LogP contribution in [0.2, 0.25) is 0 Å². The first kappa shape index (κ1) is 15.1. The summed E-state index contributed by atoms with van der Waals surface area (Å²) in [6.07, 6.45) is 0. The average Bonchev–Trinajstić information content (AvgIpc) is 2.24. The highest BCUT2D eigenvalue weighted by atomic mass is 19.1. The van der Waals surface area contributed by atoms with Gasteiger partial charge in [-0.15, -0.1) is 0 Å². The predicted octanol–water partition coefficient (Wildman–Crippen LogP) is 2.83. The Bertz CT molecular complexity index is 386. The first-order valence-corrected chi connectivity index (χ1v) is 6.20. The molecule has 0 aromatic heterocycles. The number of benzene rings is 1. The smallest absolute Gasteiger partial charge is 0.130 e. The van der Waals surface area contributed by atoms with E-state index in [9.17, 15) is 8.78 Å². The Kier molecular flexibility index (Phi) is 5.23. The molecule has 0 amide bonds. The fourth-order valence-corrected chi connectivity index (χ4v) is 1.48. The molecule has 0 saturated carbocycles. The molecule has 1 unspecified atom stereocenters. The van der Waals surface area contributed by atoms with E-state index in [1.807, 2.05) is 6.92 Å². The van der Waals surface area contributed by atoms with Crippen LogP contribution in [0, 0.1) is 11.6 Å². The summed E-state index contributed by atoms with van der Waals surface area (Å²) in [5.41, 5.74) is 0.552. The van der Waals surface area contributed by atoms with Gasteiger partial charge in [-0.1, -0.05) is 6.07 Å². The van der Waals surface area contributed by atoms with E-state index < -0.39 is 11.6 Å². The highest BCUT2D eigenvalue weighted by Gasteiger charge is 2.11. The van der Waals surface area contributed by atoms with Crippen molar-refractivity contribution in [2.75, 3.05) is 6.54 Å². The van der Waals surface area contributed by atoms with Crippen molar-refractivity contribution >= 4 is 0 Å². The molecule has 0 aliphatic carbocycles. The van der Waals surface area contributed by atoms with E-state index in [4.69, 9.17) is 0 Å². The molecule has 0 spiro atoms. The van der Waals surface area contributed by atoms with Crippen molar-refractivity contribution in [3.05, 3.63) is 35.4 Å². The van der Waals surface area contributed by atoms with Gasteiger partial charge in [0.25, 0.3) is 0 Å². The van der Waals surface area contributed by atoms with Crippen molar-refractivity contribution in [1.29, 1.82) is 0 Å². The number of hydrogen-bond acceptors (Lipinski definition) is 2. The molecule has 0 bridgehead atoms. The van der Waals surface area contributed by atoms with Crippen molar-refractivity contribution in [2.45, 2.75) is 45.8 Å². The van der Waals surface area contributed by atoms with Crippen LogP contribution in [0.5, 0.6) is 0 Å². The summed E-state index contributed by atoms with van der Waals surface area (Å²) in [6.45, 7) is 9.52. The Morgan fingerprint density at radius 3 is 2.44 bits per heavy atom. The number of rotatable bonds is 5. The minimum atomic E-state index is -0.543. The van der Waals surface area contributed by atoms with Crippen LogP contribution in [-0.2, 0) is 6.54 Å². The van der Waals surface area contributed by atoms with E-state index in [1.165, 1.54) is 12.1 Å². The fourth-order valence-electron chi connectivity index (χ4n) is 1.48. The predicted molar refractivity (Wildman–Crippen MR) is 70.4 cm³/mol. The van der Waals surface area contributed by atoms with Crippen molar-refractivity contribution in [1.82, 2.24) is 10.6 Å². The summed E-state index contributed by atoms with van der Waals surface area (Å²) >= 11 is 0. The zero-order valence-electron chi connectivity index (χ0n) is 11.5. The Balaban J connectivity index is 2.40. The second-order valence-corrected chi connectivity index (χ2v) is 5.65. The van der Waals surface area contributed by atoms with Crippen LogP contribution >= 0.6 is 0 Å². The normalized spacial score (nSPS) is 13.7. The van der Waals surface area contributed by atoms with Crippen LogP contribution in [0.15, 0.2) is 18.2 Å². The SMILES string of the molecule is CC(CNC(C)(C)C)NCc1ccc(F)cc1F. The maximum absolute atomic E-state index is 13.4. The Morgan fingerprint density at radius 1 is 1.22 bits per heavy atom. The molecule has 4 heteroatoms. The summed E-state index contributed by atoms with van der Waals surface area (Å²) in [5.74, 6) is -1.04. The van der Waals surface area contributed by atoms with Crippen LogP contribution < -0.4 is 10.6 Å². The standard InChI is InChI=1S/C14H22F2N2/c1-10(8-18-14(2,3)4)17-9-11-5-6-12(15)7-13(11)16/h5-7,10,17-18H,8-9H2,1-4H3. The maximum atomic E-state index is 13.4. The van der Waals surface area contributed by atoms with E-state index >= 15 is 0 Å². The monoisotopic (exact) mass is 256 g/mol. The largest absolute Gasteiger partial charge is 0.311 e. The van der Waals surface area contributed by atoms with Crippen LogP contribution in [-0.4, -0.2) is 18.1 Å². The topological polar surface area (TPSA) is 24.1 Å². The number of halogens is 2. The summed E-state index contributed by atoms with van der Waals surface area (Å²) in [4.78, 5) is 0. The lowest BCUT2D eigenvalue weighted by Gasteiger charge is -2.24. The van der Waals surface area contributed by atoms with Gasteiger partial charge in [-0.05, 0) is 33.8 Å². The molecular weight excluding hydrogens is 234 g/mol. The van der Waals surface area contributed by atoms with Gasteiger partial charge >= 0.3 is 0 Å². The van der Waals surface area contributed by atoms with Gasteiger partial charge < -0.3 is 10.6 Å². The van der Waals surface area contributed by atoms with Crippen molar-refractivity contribution in [3.8, 4) is 0 Å². The zero-order chi connectivity index (χ0) is 13.8. The molecular formula is C14H22F2N2. The number of nitrogens with one attached hydrogen (secondary N) is 2. The minimum absolute atomic E-state index is 0.0665. The summed E-state index contributed by atoms with van der Waals surface area (Å²) in [5, 5.41) is 6.57. The van der Waals surface area contributed by atoms with Crippen LogP contribution in [0.25, 0.3) is 0 Å². The van der Waals surface area contributed by atoms with Crippen LogP contribution in [0.4, 0.5) is 8.78 Å². The molecule has 2 N–H and O–H groups in total. The summed E-state index contributed by atoms with van der Waals surface area (Å²) in [7, 11) is 0. The lowest BCUT2D eigenvalue weighted by Crippen LogP contribution is -2.44. The lowest BCUT2D eigenvalue weighted by molar-refractivity contribution is 0.386. The van der Waals surface area contributed by atoms with Gasteiger partial charge in [-0.25, -0.2) is 8.78 Å². The van der Waals surface area contributed by atoms with Crippen LogP contribution in [0.3, 0.4) is 0 Å². The third kappa shape index (κ3) is 5.56. The van der Waals surface area contributed by atoms with Gasteiger partial charge in [0.15, 0.2) is 0 Å². The second kappa shape index (κ2) is 6.25. The van der Waals surface area contributed by atoms with Crippen molar-refractivity contribution < 1.29 is 8.78 Å². The third-order valence-electron chi connectivity index (χ3n) is 2.59. The Labute approximate surface area is 108 Å². The zero-order valence-corrected chi connectivity index (χ0v) is 11.5. The lowest BCUT2D eigenvalue weighted by atomic mass is 10.1. The summed E-state index contributed by atoms with van der Waals surface area (Å²) < 4.78 is 26.1. The molecule has 1 aromatic carbocycles. The molecule has 0 saturated heterocycles. The van der Waals surface area contributed by atoms with Gasteiger partial charge in [0.05, 0.1) is 0 Å². The third-order valence-corrected chi connectivity index (χ3v) is 2.59. The molecule has 102 valence electrons. The van der Waals surface area contributed by atoms with E-state index in [0.29, 0.717) is 12.1 Å². The number of hydrogen-bond donors (Lipinski definition) is 2. The minimum Gasteiger partial charge on any atom is -0.311 e. The van der Waals surface area contributed by atoms with Gasteiger partial charge in [0.1, 0.15) is 11.6 Å². The fraction of sp³-hybridized carbons (Fsp3) is 0.571. The van der Waals surface area contributed by atoms with Crippen molar-refractivity contribution in [3.63, 3.8) is 0 Å². The molecule has 2 nitrogen and oxygen atoms in total. The Hall–Kier alpha value is -1.00. The molecule has 0 heterocycles. The maximum Gasteiger partial charge on any atom is 0.130 e. The molecule has 0 fully saturated rings. The second-order valence-electron chi connectivity index (χ2n) is 5.65. The van der Waals surface area contributed by atoms with Crippen LogP contribution in [0.1, 0.15) is 33.3 Å². The first-order chi connectivity index (χ1) is 8.28. The summed E-state index contributed by atoms with van der Waals surface area (Å²) in [6, 6.07) is 3.88. The first-order valence-electron chi connectivity index (χ1n) is 6.20. The molecule has 0 aliphatic rings. The van der Waals surface area contributed by atoms with E-state index in [0.717, 1.165) is 12.6 Å². The molecule has 1 atom stereocenters. The van der Waals surface area contributed by atoms with Gasteiger partial charge in [-0.3, -0.25) is 0 Å². The van der Waals surface area contributed by atoms with Gasteiger partial charge in [-0.2, -0.15) is 0 Å². The van der Waals surface area contributed by atoms with Crippen molar-refractivity contribution in [2.24, 2.45) is 0 Å². The quantitative estimate of drug-likeness (QED) is 0.846. The molecule has 0 radical (unpaired) electrons.